The van der Waals surface area contributed by atoms with Gasteiger partial charge in [-0.2, -0.15) is 0 Å². The van der Waals surface area contributed by atoms with Gasteiger partial charge in [-0.05, 0) is 18.8 Å². The van der Waals surface area contributed by atoms with Crippen LogP contribution in [0.2, 0.25) is 0 Å². The van der Waals surface area contributed by atoms with E-state index in [0.29, 0.717) is 24.2 Å². The van der Waals surface area contributed by atoms with Crippen LogP contribution in [-0.2, 0) is 17.9 Å². The summed E-state index contributed by atoms with van der Waals surface area (Å²) in [7, 11) is 0. The van der Waals surface area contributed by atoms with E-state index in [-0.39, 0.29) is 12.5 Å². The molecule has 1 amide bonds. The Balaban J connectivity index is 1.81. The quantitative estimate of drug-likeness (QED) is 0.812. The Morgan fingerprint density at radius 3 is 3.11 bits per heavy atom. The molecule has 0 spiro atoms. The zero-order valence-corrected chi connectivity index (χ0v) is 10.8. The van der Waals surface area contributed by atoms with Crippen molar-refractivity contribution in [2.75, 3.05) is 0 Å². The molecule has 1 saturated carbocycles. The molecule has 2 unspecified atom stereocenters. The van der Waals surface area contributed by atoms with Crippen LogP contribution in [0.5, 0.6) is 0 Å². The molecule has 0 aromatic carbocycles. The van der Waals surface area contributed by atoms with Gasteiger partial charge in [0.05, 0.1) is 11.9 Å². The average molecular weight is 251 g/mol. The van der Waals surface area contributed by atoms with Crippen LogP contribution in [0, 0.1) is 5.92 Å². The van der Waals surface area contributed by atoms with Gasteiger partial charge in [0.15, 0.2) is 0 Å². The summed E-state index contributed by atoms with van der Waals surface area (Å²) in [6.07, 6.45) is 6.35. The van der Waals surface area contributed by atoms with E-state index in [4.69, 9.17) is 5.73 Å². The Bertz CT molecular complexity index is 403. The number of hydrogen-bond donors (Lipinski definition) is 2. The number of aromatic nitrogens is 3. The van der Waals surface area contributed by atoms with Crippen LogP contribution in [0.15, 0.2) is 6.20 Å². The molecule has 1 aliphatic carbocycles. The molecule has 0 aliphatic heterocycles. The van der Waals surface area contributed by atoms with Crippen LogP contribution in [-0.4, -0.2) is 26.9 Å². The number of nitrogens with one attached hydrogen (secondary N) is 1. The molecular weight excluding hydrogens is 230 g/mol. The number of amides is 1. The lowest BCUT2D eigenvalue weighted by Gasteiger charge is -2.27. The van der Waals surface area contributed by atoms with Crippen molar-refractivity contribution < 1.29 is 4.79 Å². The number of carbonyl (C=O) groups excluding carboxylic acids is 1. The molecule has 0 bridgehead atoms. The van der Waals surface area contributed by atoms with Gasteiger partial charge in [0.2, 0.25) is 5.91 Å². The Morgan fingerprint density at radius 2 is 2.44 bits per heavy atom. The number of nitrogens with two attached hydrogens (primary N) is 1. The van der Waals surface area contributed by atoms with Gasteiger partial charge in [-0.1, -0.05) is 25.0 Å². The summed E-state index contributed by atoms with van der Waals surface area (Å²) in [5, 5.41) is 10.8. The lowest BCUT2D eigenvalue weighted by Crippen LogP contribution is -2.39. The molecule has 100 valence electrons. The fourth-order valence-electron chi connectivity index (χ4n) is 2.50. The highest BCUT2D eigenvalue weighted by Gasteiger charge is 2.20. The fourth-order valence-corrected chi connectivity index (χ4v) is 2.50. The van der Waals surface area contributed by atoms with Crippen LogP contribution in [0.3, 0.4) is 0 Å². The molecule has 1 aromatic rings. The number of hydrogen-bond acceptors (Lipinski definition) is 4. The molecule has 18 heavy (non-hydrogen) atoms. The second-order valence-corrected chi connectivity index (χ2v) is 5.15. The summed E-state index contributed by atoms with van der Waals surface area (Å²) in [4.78, 5) is 11.9. The molecule has 3 N–H and O–H groups in total. The van der Waals surface area contributed by atoms with Crippen LogP contribution in [0.25, 0.3) is 0 Å². The van der Waals surface area contributed by atoms with Crippen molar-refractivity contribution in [2.45, 2.75) is 51.7 Å². The highest BCUT2D eigenvalue weighted by atomic mass is 16.2. The Hall–Kier alpha value is -1.43. The normalized spacial score (nSPS) is 23.9. The minimum atomic E-state index is 0.00238. The predicted molar refractivity (Wildman–Crippen MR) is 67.5 cm³/mol. The molecule has 1 heterocycles. The second kappa shape index (κ2) is 5.95. The van der Waals surface area contributed by atoms with Crippen molar-refractivity contribution in [1.82, 2.24) is 20.3 Å². The first kappa shape index (κ1) is 13.0. The summed E-state index contributed by atoms with van der Waals surface area (Å²) in [6.45, 7) is 2.81. The Morgan fingerprint density at radius 1 is 1.61 bits per heavy atom. The predicted octanol–water partition coefficient (Wildman–Crippen LogP) is 0.432. The lowest BCUT2D eigenvalue weighted by atomic mass is 9.87. The summed E-state index contributed by atoms with van der Waals surface area (Å²) in [5.74, 6) is 0.710. The van der Waals surface area contributed by atoms with Crippen molar-refractivity contribution in [3.63, 3.8) is 0 Å². The van der Waals surface area contributed by atoms with E-state index < -0.39 is 0 Å². The van der Waals surface area contributed by atoms with Crippen LogP contribution >= 0.6 is 0 Å². The maximum atomic E-state index is 11.9. The highest BCUT2D eigenvalue weighted by molar-refractivity contribution is 5.75. The summed E-state index contributed by atoms with van der Waals surface area (Å²) >= 11 is 0. The third-order valence-corrected chi connectivity index (χ3v) is 3.40. The minimum Gasteiger partial charge on any atom is -0.352 e. The fraction of sp³-hybridized carbons (Fsp3) is 0.750. The van der Waals surface area contributed by atoms with Gasteiger partial charge in [0.25, 0.3) is 0 Å². The minimum absolute atomic E-state index is 0.00238. The van der Waals surface area contributed by atoms with E-state index in [1.807, 2.05) is 0 Å². The van der Waals surface area contributed by atoms with Gasteiger partial charge in [-0.25, -0.2) is 4.68 Å². The molecule has 2 rings (SSSR count). The SMILES string of the molecule is CC1CCCC(NC(=O)Cn2cc(CN)nn2)C1. The van der Waals surface area contributed by atoms with Crippen molar-refractivity contribution in [1.29, 1.82) is 0 Å². The van der Waals surface area contributed by atoms with Gasteiger partial charge >= 0.3 is 0 Å². The topological polar surface area (TPSA) is 85.8 Å². The Labute approximate surface area is 107 Å². The van der Waals surface area contributed by atoms with Gasteiger partial charge in [-0.15, -0.1) is 5.10 Å². The standard InChI is InChI=1S/C12H21N5O/c1-9-3-2-4-10(5-9)14-12(18)8-17-7-11(6-13)15-16-17/h7,9-10H,2-6,8,13H2,1H3,(H,14,18). The zero-order valence-electron chi connectivity index (χ0n) is 10.8. The van der Waals surface area contributed by atoms with E-state index in [9.17, 15) is 4.79 Å². The third-order valence-electron chi connectivity index (χ3n) is 3.40. The molecule has 0 radical (unpaired) electrons. The second-order valence-electron chi connectivity index (χ2n) is 5.15. The number of rotatable bonds is 4. The molecular formula is C12H21N5O. The maximum Gasteiger partial charge on any atom is 0.242 e. The monoisotopic (exact) mass is 251 g/mol. The van der Waals surface area contributed by atoms with E-state index >= 15 is 0 Å². The molecule has 1 aliphatic rings. The van der Waals surface area contributed by atoms with E-state index in [2.05, 4.69) is 22.6 Å². The zero-order chi connectivity index (χ0) is 13.0. The summed E-state index contributed by atoms with van der Waals surface area (Å²) in [5.41, 5.74) is 6.15. The van der Waals surface area contributed by atoms with Gasteiger partial charge in [-0.3, -0.25) is 4.79 Å². The van der Waals surface area contributed by atoms with Crippen molar-refractivity contribution in [3.05, 3.63) is 11.9 Å². The Kier molecular flexibility index (Phi) is 4.30. The third kappa shape index (κ3) is 3.53. The van der Waals surface area contributed by atoms with Gasteiger partial charge < -0.3 is 11.1 Å². The van der Waals surface area contributed by atoms with E-state index in [0.717, 1.165) is 12.8 Å². The molecule has 0 saturated heterocycles. The average Bonchev–Trinajstić information content (AvgIpc) is 2.76. The number of carbonyl (C=O) groups is 1. The molecule has 2 atom stereocenters. The molecule has 1 aromatic heterocycles. The van der Waals surface area contributed by atoms with Crippen molar-refractivity contribution in [3.8, 4) is 0 Å². The smallest absolute Gasteiger partial charge is 0.242 e. The van der Waals surface area contributed by atoms with Crippen LogP contribution in [0.1, 0.15) is 38.3 Å². The van der Waals surface area contributed by atoms with Crippen molar-refractivity contribution >= 4 is 5.91 Å². The number of nitrogens with zero attached hydrogens (tertiary/aromatic N) is 3. The summed E-state index contributed by atoms with van der Waals surface area (Å²) < 4.78 is 1.53. The van der Waals surface area contributed by atoms with E-state index in [1.165, 1.54) is 17.5 Å². The first-order valence-corrected chi connectivity index (χ1v) is 6.56. The molecule has 6 heteroatoms. The van der Waals surface area contributed by atoms with Gasteiger partial charge in [0.1, 0.15) is 6.54 Å². The maximum absolute atomic E-state index is 11.9. The van der Waals surface area contributed by atoms with Crippen molar-refractivity contribution in [2.24, 2.45) is 11.7 Å². The van der Waals surface area contributed by atoms with E-state index in [1.54, 1.807) is 6.20 Å². The lowest BCUT2D eigenvalue weighted by molar-refractivity contribution is -0.122. The first-order chi connectivity index (χ1) is 8.67. The van der Waals surface area contributed by atoms with Gasteiger partial charge in [0, 0.05) is 12.6 Å². The van der Waals surface area contributed by atoms with Crippen LogP contribution < -0.4 is 11.1 Å². The molecule has 6 nitrogen and oxygen atoms in total. The first-order valence-electron chi connectivity index (χ1n) is 6.56. The molecule has 1 fully saturated rings. The summed E-state index contributed by atoms with van der Waals surface area (Å²) in [6, 6.07) is 0.318. The largest absolute Gasteiger partial charge is 0.352 e. The van der Waals surface area contributed by atoms with Crippen LogP contribution in [0.4, 0.5) is 0 Å². The highest BCUT2D eigenvalue weighted by Crippen LogP contribution is 2.23.